The molecule has 2 aliphatic carbocycles. The Bertz CT molecular complexity index is 377. The van der Waals surface area contributed by atoms with Crippen LogP contribution in [0.25, 0.3) is 0 Å². The molecule has 0 aromatic rings. The minimum absolute atomic E-state index is 0.130. The fourth-order valence-electron chi connectivity index (χ4n) is 4.12. The van der Waals surface area contributed by atoms with E-state index in [1.54, 1.807) is 0 Å². The first-order valence-electron chi connectivity index (χ1n) is 9.74. The zero-order valence-electron chi connectivity index (χ0n) is 15.0. The second-order valence-electron chi connectivity index (χ2n) is 7.36. The van der Waals surface area contributed by atoms with Gasteiger partial charge in [0.1, 0.15) is 0 Å². The molecule has 4 nitrogen and oxygen atoms in total. The largest absolute Gasteiger partial charge is 0.353 e. The molecule has 0 aromatic carbocycles. The number of carbonyl (C=O) groups is 2. The monoisotopic (exact) mass is 322 g/mol. The molecular formula is C19H34N2O2. The summed E-state index contributed by atoms with van der Waals surface area (Å²) in [7, 11) is 0. The first-order chi connectivity index (χ1) is 11.2. The number of amides is 2. The van der Waals surface area contributed by atoms with Gasteiger partial charge in [0.25, 0.3) is 0 Å². The Kier molecular flexibility index (Phi) is 7.38. The first kappa shape index (κ1) is 18.3. The van der Waals surface area contributed by atoms with Gasteiger partial charge in [-0.15, -0.1) is 0 Å². The van der Waals surface area contributed by atoms with Crippen LogP contribution in [0.5, 0.6) is 0 Å². The fourth-order valence-corrected chi connectivity index (χ4v) is 4.12. The molecule has 0 bridgehead atoms. The van der Waals surface area contributed by atoms with E-state index >= 15 is 0 Å². The van der Waals surface area contributed by atoms with Crippen LogP contribution in [-0.2, 0) is 9.59 Å². The van der Waals surface area contributed by atoms with Crippen LogP contribution in [-0.4, -0.2) is 35.8 Å². The van der Waals surface area contributed by atoms with E-state index in [1.165, 1.54) is 12.8 Å². The predicted octanol–water partition coefficient (Wildman–Crippen LogP) is 3.50. The maximum Gasteiger partial charge on any atom is 0.225 e. The Balaban J connectivity index is 1.77. The minimum atomic E-state index is 0.130. The molecular weight excluding hydrogens is 288 g/mol. The Morgan fingerprint density at radius 2 is 1.39 bits per heavy atom. The summed E-state index contributed by atoms with van der Waals surface area (Å²) in [6.45, 7) is 5.99. The quantitative estimate of drug-likeness (QED) is 0.780. The van der Waals surface area contributed by atoms with Gasteiger partial charge in [-0.25, -0.2) is 0 Å². The van der Waals surface area contributed by atoms with Crippen molar-refractivity contribution < 1.29 is 9.59 Å². The van der Waals surface area contributed by atoms with Crippen LogP contribution in [0.1, 0.15) is 78.1 Å². The third kappa shape index (κ3) is 5.22. The van der Waals surface area contributed by atoms with E-state index in [4.69, 9.17) is 0 Å². The third-order valence-corrected chi connectivity index (χ3v) is 5.45. The molecule has 2 amide bonds. The number of rotatable bonds is 7. The van der Waals surface area contributed by atoms with Gasteiger partial charge in [-0.3, -0.25) is 9.59 Å². The average Bonchev–Trinajstić information content (AvgIpc) is 3.07. The topological polar surface area (TPSA) is 49.4 Å². The number of hydrogen-bond acceptors (Lipinski definition) is 2. The molecule has 0 radical (unpaired) electrons. The Morgan fingerprint density at radius 3 is 1.91 bits per heavy atom. The Morgan fingerprint density at radius 1 is 0.870 bits per heavy atom. The molecule has 23 heavy (non-hydrogen) atoms. The summed E-state index contributed by atoms with van der Waals surface area (Å²) >= 11 is 0. The van der Waals surface area contributed by atoms with Crippen molar-refractivity contribution in [3.8, 4) is 0 Å². The van der Waals surface area contributed by atoms with Gasteiger partial charge in [0.05, 0.1) is 0 Å². The zero-order valence-corrected chi connectivity index (χ0v) is 15.0. The lowest BCUT2D eigenvalue weighted by Crippen LogP contribution is -2.42. The van der Waals surface area contributed by atoms with Gasteiger partial charge in [0, 0.05) is 31.0 Å². The van der Waals surface area contributed by atoms with E-state index in [0.29, 0.717) is 11.9 Å². The van der Waals surface area contributed by atoms with Crippen molar-refractivity contribution in [3.05, 3.63) is 0 Å². The first-order valence-corrected chi connectivity index (χ1v) is 9.74. The van der Waals surface area contributed by atoms with Crippen molar-refractivity contribution in [2.75, 3.05) is 13.1 Å². The van der Waals surface area contributed by atoms with E-state index < -0.39 is 0 Å². The lowest BCUT2D eigenvalue weighted by molar-refractivity contribution is -0.138. The van der Waals surface area contributed by atoms with Gasteiger partial charge in [0.15, 0.2) is 0 Å². The van der Waals surface area contributed by atoms with Crippen molar-refractivity contribution in [1.82, 2.24) is 10.2 Å². The molecule has 2 rings (SSSR count). The van der Waals surface area contributed by atoms with Gasteiger partial charge in [-0.1, -0.05) is 26.7 Å². The van der Waals surface area contributed by atoms with Crippen LogP contribution in [0, 0.1) is 11.8 Å². The molecule has 0 heterocycles. The Labute approximate surface area is 141 Å². The van der Waals surface area contributed by atoms with E-state index in [0.717, 1.165) is 64.5 Å². The van der Waals surface area contributed by atoms with Gasteiger partial charge in [-0.2, -0.15) is 0 Å². The second-order valence-corrected chi connectivity index (χ2v) is 7.36. The molecule has 0 unspecified atom stereocenters. The highest BCUT2D eigenvalue weighted by Gasteiger charge is 2.32. The van der Waals surface area contributed by atoms with Gasteiger partial charge >= 0.3 is 0 Å². The lowest BCUT2D eigenvalue weighted by atomic mass is 9.80. The maximum absolute atomic E-state index is 12.7. The van der Waals surface area contributed by atoms with Crippen LogP contribution in [0.15, 0.2) is 0 Å². The van der Waals surface area contributed by atoms with Crippen molar-refractivity contribution in [2.45, 2.75) is 84.1 Å². The molecule has 0 atom stereocenters. The van der Waals surface area contributed by atoms with Crippen LogP contribution in [0.4, 0.5) is 0 Å². The summed E-state index contributed by atoms with van der Waals surface area (Å²) in [5.74, 6) is 0.833. The van der Waals surface area contributed by atoms with Crippen LogP contribution >= 0.6 is 0 Å². The summed E-state index contributed by atoms with van der Waals surface area (Å²) in [6.07, 6.45) is 10.3. The van der Waals surface area contributed by atoms with Crippen molar-refractivity contribution in [2.24, 2.45) is 11.8 Å². The van der Waals surface area contributed by atoms with Crippen LogP contribution in [0.3, 0.4) is 0 Å². The average molecular weight is 322 g/mol. The van der Waals surface area contributed by atoms with E-state index in [1.807, 2.05) is 4.90 Å². The highest BCUT2D eigenvalue weighted by Crippen LogP contribution is 2.31. The zero-order chi connectivity index (χ0) is 16.7. The molecule has 2 fully saturated rings. The standard InChI is InChI=1S/C19H34N2O2/c1-3-13-21(14-4-2)19(23)16-11-9-15(10-12-16)18(22)20-17-7-5-6-8-17/h15-17H,3-14H2,1-2H3,(H,20,22). The smallest absolute Gasteiger partial charge is 0.225 e. The predicted molar refractivity (Wildman–Crippen MR) is 93.0 cm³/mol. The summed E-state index contributed by atoms with van der Waals surface area (Å²) < 4.78 is 0. The molecule has 0 spiro atoms. The molecule has 0 saturated heterocycles. The Hall–Kier alpha value is -1.06. The molecule has 0 aliphatic heterocycles. The summed E-state index contributed by atoms with van der Waals surface area (Å²) in [5, 5.41) is 3.22. The molecule has 1 N–H and O–H groups in total. The van der Waals surface area contributed by atoms with Crippen LogP contribution in [0.2, 0.25) is 0 Å². The maximum atomic E-state index is 12.7. The summed E-state index contributed by atoms with van der Waals surface area (Å²) in [5.41, 5.74) is 0. The van der Waals surface area contributed by atoms with Crippen LogP contribution < -0.4 is 5.32 Å². The van der Waals surface area contributed by atoms with E-state index in [2.05, 4.69) is 19.2 Å². The molecule has 4 heteroatoms. The normalized spacial score (nSPS) is 25.3. The SMILES string of the molecule is CCCN(CCC)C(=O)C1CCC(C(=O)NC2CCCC2)CC1. The van der Waals surface area contributed by atoms with Gasteiger partial charge < -0.3 is 10.2 Å². The highest BCUT2D eigenvalue weighted by molar-refractivity contribution is 5.81. The lowest BCUT2D eigenvalue weighted by Gasteiger charge is -2.32. The molecule has 2 saturated carbocycles. The molecule has 0 aromatic heterocycles. The summed E-state index contributed by atoms with van der Waals surface area (Å²) in [4.78, 5) is 27.1. The third-order valence-electron chi connectivity index (χ3n) is 5.45. The second kappa shape index (κ2) is 9.29. The van der Waals surface area contributed by atoms with Gasteiger partial charge in [0.2, 0.25) is 11.8 Å². The minimum Gasteiger partial charge on any atom is -0.353 e. The van der Waals surface area contributed by atoms with Gasteiger partial charge in [-0.05, 0) is 51.4 Å². The number of nitrogens with one attached hydrogen (secondary N) is 1. The summed E-state index contributed by atoms with van der Waals surface area (Å²) in [6, 6.07) is 0.409. The van der Waals surface area contributed by atoms with Crippen molar-refractivity contribution in [3.63, 3.8) is 0 Å². The molecule has 2 aliphatic rings. The number of nitrogens with zero attached hydrogens (tertiary/aromatic N) is 1. The molecule has 132 valence electrons. The highest BCUT2D eigenvalue weighted by atomic mass is 16.2. The van der Waals surface area contributed by atoms with Crippen molar-refractivity contribution >= 4 is 11.8 Å². The van der Waals surface area contributed by atoms with Crippen molar-refractivity contribution in [1.29, 1.82) is 0 Å². The van der Waals surface area contributed by atoms with E-state index in [-0.39, 0.29) is 17.7 Å². The number of hydrogen-bond donors (Lipinski definition) is 1. The van der Waals surface area contributed by atoms with E-state index in [9.17, 15) is 9.59 Å². The number of carbonyl (C=O) groups excluding carboxylic acids is 2. The fraction of sp³-hybridized carbons (Fsp3) is 0.895.